The highest BCUT2D eigenvalue weighted by Crippen LogP contribution is 2.69. The summed E-state index contributed by atoms with van der Waals surface area (Å²) in [4.78, 5) is 12.0. The number of hydrogen-bond acceptors (Lipinski definition) is 5. The van der Waals surface area contributed by atoms with E-state index in [2.05, 4.69) is 79.7 Å². The van der Waals surface area contributed by atoms with E-state index in [1.165, 1.54) is 45.6 Å². The zero-order chi connectivity index (χ0) is 31.5. The van der Waals surface area contributed by atoms with Crippen LogP contribution in [0.2, 0.25) is 58.9 Å². The van der Waals surface area contributed by atoms with Crippen LogP contribution in [0.1, 0.15) is 78.6 Å². The molecule has 42 heavy (non-hydrogen) atoms. The van der Waals surface area contributed by atoms with Crippen molar-refractivity contribution in [2.24, 2.45) is 46.3 Å². The summed E-state index contributed by atoms with van der Waals surface area (Å²) in [5.74, 6) is 3.49. The average molecular weight is 639 g/mol. The number of rotatable bonds is 10. The first-order valence-electron chi connectivity index (χ1n) is 17.3. The van der Waals surface area contributed by atoms with Gasteiger partial charge in [0.2, 0.25) is 0 Å². The molecular weight excluding hydrogens is 573 g/mol. The summed E-state index contributed by atoms with van der Waals surface area (Å²) in [6, 6.07) is 0. The van der Waals surface area contributed by atoms with Gasteiger partial charge in [0.15, 0.2) is 25.0 Å². The molecule has 8 heteroatoms. The Balaban J connectivity index is 1.73. The minimum atomic E-state index is -1.85. The Morgan fingerprint density at radius 2 is 1.29 bits per heavy atom. The molecule has 11 atom stereocenters. The predicted molar refractivity (Wildman–Crippen MR) is 181 cm³/mol. The van der Waals surface area contributed by atoms with E-state index < -0.39 is 25.0 Å². The number of ether oxygens (including phenoxy) is 1. The molecule has 4 saturated carbocycles. The molecule has 0 heterocycles. The third-order valence-electron chi connectivity index (χ3n) is 11.9. The first kappa shape index (κ1) is 34.9. The molecule has 4 aliphatic rings. The number of fused-ring (bicyclic) bond motifs is 5. The second-order valence-corrected chi connectivity index (χ2v) is 31.6. The van der Waals surface area contributed by atoms with Crippen molar-refractivity contribution < 1.29 is 22.8 Å². The fraction of sp³-hybridized carbons (Fsp3) is 0.971. The van der Waals surface area contributed by atoms with Crippen LogP contribution in [0.5, 0.6) is 0 Å². The molecular formula is C34H66O5Si3. The second-order valence-electron chi connectivity index (χ2n) is 18.2. The van der Waals surface area contributed by atoms with E-state index >= 15 is 0 Å². The first-order valence-corrected chi connectivity index (χ1v) is 27.5. The Hall–Kier alpha value is 0.000649. The van der Waals surface area contributed by atoms with Gasteiger partial charge in [0.05, 0.1) is 19.3 Å². The van der Waals surface area contributed by atoms with Gasteiger partial charge in [-0.3, -0.25) is 4.79 Å². The maximum absolute atomic E-state index is 12.0. The Morgan fingerprint density at radius 1 is 0.738 bits per heavy atom. The maximum Gasteiger partial charge on any atom is 0.305 e. The quantitative estimate of drug-likeness (QED) is 0.176. The Bertz CT molecular complexity index is 954. The molecule has 5 nitrogen and oxygen atoms in total. The fourth-order valence-corrected chi connectivity index (χ4v) is 13.9. The minimum absolute atomic E-state index is 0.0693. The van der Waals surface area contributed by atoms with Crippen molar-refractivity contribution in [3.8, 4) is 0 Å². The van der Waals surface area contributed by atoms with Crippen molar-refractivity contribution in [2.45, 2.75) is 156 Å². The fourth-order valence-electron chi connectivity index (χ4n) is 10.5. The van der Waals surface area contributed by atoms with Crippen LogP contribution in [0.4, 0.5) is 0 Å². The summed E-state index contributed by atoms with van der Waals surface area (Å²) in [5.41, 5.74) is 0.562. The molecule has 0 radical (unpaired) electrons. The van der Waals surface area contributed by atoms with Gasteiger partial charge in [-0.1, -0.05) is 20.8 Å². The van der Waals surface area contributed by atoms with Crippen LogP contribution in [-0.2, 0) is 22.8 Å². The highest BCUT2D eigenvalue weighted by molar-refractivity contribution is 6.70. The molecule has 0 aromatic rings. The highest BCUT2D eigenvalue weighted by Gasteiger charge is 2.66. The zero-order valence-corrected chi connectivity index (χ0v) is 32.6. The van der Waals surface area contributed by atoms with Gasteiger partial charge in [0.1, 0.15) is 0 Å². The summed E-state index contributed by atoms with van der Waals surface area (Å²) >= 11 is 0. The van der Waals surface area contributed by atoms with Crippen molar-refractivity contribution in [3.05, 3.63) is 0 Å². The van der Waals surface area contributed by atoms with Gasteiger partial charge in [-0.2, -0.15) is 0 Å². The van der Waals surface area contributed by atoms with Crippen LogP contribution in [-0.4, -0.2) is 56.3 Å². The molecule has 4 fully saturated rings. The van der Waals surface area contributed by atoms with Gasteiger partial charge in [0.25, 0.3) is 0 Å². The van der Waals surface area contributed by atoms with E-state index in [1.54, 1.807) is 0 Å². The van der Waals surface area contributed by atoms with Gasteiger partial charge >= 0.3 is 5.97 Å². The zero-order valence-electron chi connectivity index (χ0n) is 29.6. The van der Waals surface area contributed by atoms with E-state index in [0.29, 0.717) is 53.4 Å². The average Bonchev–Trinajstić information content (AvgIpc) is 3.19. The Labute approximate surface area is 262 Å². The van der Waals surface area contributed by atoms with Gasteiger partial charge in [-0.25, -0.2) is 0 Å². The van der Waals surface area contributed by atoms with Crippen molar-refractivity contribution >= 4 is 30.9 Å². The van der Waals surface area contributed by atoms with Crippen molar-refractivity contribution in [2.75, 3.05) is 7.11 Å². The third kappa shape index (κ3) is 7.35. The molecule has 0 bridgehead atoms. The number of hydrogen-bond donors (Lipinski definition) is 0. The van der Waals surface area contributed by atoms with Crippen LogP contribution in [0.3, 0.4) is 0 Å². The van der Waals surface area contributed by atoms with Crippen molar-refractivity contribution in [3.63, 3.8) is 0 Å². The normalized spacial score (nSPS) is 41.5. The van der Waals surface area contributed by atoms with Gasteiger partial charge in [0, 0.05) is 12.5 Å². The lowest BCUT2D eigenvalue weighted by atomic mass is 9.43. The van der Waals surface area contributed by atoms with Crippen molar-refractivity contribution in [1.29, 1.82) is 0 Å². The van der Waals surface area contributed by atoms with E-state index in [0.717, 1.165) is 12.8 Å². The Morgan fingerprint density at radius 3 is 1.86 bits per heavy atom. The van der Waals surface area contributed by atoms with Crippen LogP contribution in [0.15, 0.2) is 0 Å². The molecule has 0 aromatic carbocycles. The number of carbonyl (C=O) groups is 1. The molecule has 244 valence electrons. The molecule has 0 N–H and O–H groups in total. The second kappa shape index (κ2) is 12.3. The summed E-state index contributed by atoms with van der Waals surface area (Å²) in [6.07, 6.45) is 10.9. The molecule has 0 amide bonds. The largest absolute Gasteiger partial charge is 0.469 e. The molecule has 0 aliphatic heterocycles. The molecule has 4 rings (SSSR count). The minimum Gasteiger partial charge on any atom is -0.469 e. The van der Waals surface area contributed by atoms with E-state index in [1.807, 2.05) is 0 Å². The van der Waals surface area contributed by atoms with Gasteiger partial charge in [-0.05, 0) is 157 Å². The first-order chi connectivity index (χ1) is 19.2. The Kier molecular flexibility index (Phi) is 10.2. The van der Waals surface area contributed by atoms with Crippen LogP contribution in [0, 0.1) is 46.3 Å². The predicted octanol–water partition coefficient (Wildman–Crippen LogP) is 9.11. The van der Waals surface area contributed by atoms with Gasteiger partial charge in [-0.15, -0.1) is 0 Å². The van der Waals surface area contributed by atoms with Crippen LogP contribution < -0.4 is 0 Å². The lowest BCUT2D eigenvalue weighted by Crippen LogP contribution is -2.67. The van der Waals surface area contributed by atoms with Gasteiger partial charge < -0.3 is 18.0 Å². The summed E-state index contributed by atoms with van der Waals surface area (Å²) in [5, 5.41) is 0. The smallest absolute Gasteiger partial charge is 0.305 e. The number of esters is 1. The van der Waals surface area contributed by atoms with Crippen LogP contribution in [0.25, 0.3) is 0 Å². The van der Waals surface area contributed by atoms with E-state index in [9.17, 15) is 4.79 Å². The summed E-state index contributed by atoms with van der Waals surface area (Å²) in [6.45, 7) is 29.0. The number of carbonyl (C=O) groups excluding carboxylic acids is 1. The summed E-state index contributed by atoms with van der Waals surface area (Å²) in [7, 11) is -3.82. The maximum atomic E-state index is 12.0. The topological polar surface area (TPSA) is 54.0 Å². The molecule has 4 aliphatic carbocycles. The summed E-state index contributed by atoms with van der Waals surface area (Å²) < 4.78 is 26.6. The lowest BCUT2D eigenvalue weighted by molar-refractivity contribution is -0.213. The van der Waals surface area contributed by atoms with E-state index in [4.69, 9.17) is 18.0 Å². The molecule has 0 aromatic heterocycles. The molecule has 0 spiro atoms. The SMILES string of the molecule is COC(=O)CC[C@@H](C)C1CCC2C3C(CC[C@@]21C)[C@@]1(C)CC[C@@H](O[Si](C)(C)C)CC1[C@H](O[Si](C)(C)C)[C@H]3O[Si](C)(C)C. The number of methoxy groups -OCH3 is 1. The lowest BCUT2D eigenvalue weighted by Gasteiger charge is -2.66. The van der Waals surface area contributed by atoms with Crippen LogP contribution >= 0.6 is 0 Å². The molecule has 0 saturated heterocycles. The van der Waals surface area contributed by atoms with E-state index in [-0.39, 0.29) is 23.6 Å². The highest BCUT2D eigenvalue weighted by atomic mass is 28.4. The standard InChI is InChI=1S/C34H66O5Si3/c1-23(14-17-29(35)36-4)25-15-16-26-30-27(19-21-33(25,26)2)34(3)20-18-24(37-40(5,6)7)22-28(34)31(38-41(8,9)10)32(30)39-42(11,12)13/h23-28,30-32H,14-22H2,1-13H3/t23-,24-,25?,26?,27?,28?,30?,31+,32+,33-,34-/m1/s1. The third-order valence-corrected chi connectivity index (χ3v) is 14.9. The monoisotopic (exact) mass is 638 g/mol. The van der Waals surface area contributed by atoms with Crippen molar-refractivity contribution in [1.82, 2.24) is 0 Å². The molecule has 5 unspecified atom stereocenters.